The van der Waals surface area contributed by atoms with Gasteiger partial charge in [-0.25, -0.2) is 8.78 Å². The third kappa shape index (κ3) is 3.62. The summed E-state index contributed by atoms with van der Waals surface area (Å²) in [5, 5.41) is 3.99. The molecule has 0 bridgehead atoms. The summed E-state index contributed by atoms with van der Waals surface area (Å²) in [4.78, 5) is 18.1. The van der Waals surface area contributed by atoms with E-state index >= 15 is 0 Å². The molecule has 3 aromatic rings. The van der Waals surface area contributed by atoms with Gasteiger partial charge in [0.25, 0.3) is 0 Å². The number of benzene rings is 2. The van der Waals surface area contributed by atoms with Crippen molar-refractivity contribution in [1.82, 2.24) is 15.0 Å². The van der Waals surface area contributed by atoms with Crippen molar-refractivity contribution in [3.8, 4) is 11.4 Å². The fraction of sp³-hybridized carbons (Fsp3) is 0.211. The van der Waals surface area contributed by atoms with E-state index in [4.69, 9.17) is 4.52 Å². The Kier molecular flexibility index (Phi) is 4.73. The van der Waals surface area contributed by atoms with Gasteiger partial charge in [0.2, 0.25) is 17.6 Å². The summed E-state index contributed by atoms with van der Waals surface area (Å²) in [6.45, 7) is -0.0525. The zero-order valence-corrected chi connectivity index (χ0v) is 15.6. The van der Waals surface area contributed by atoms with Crippen molar-refractivity contribution in [3.63, 3.8) is 0 Å². The molecule has 0 saturated carbocycles. The number of hydrogen-bond donors (Lipinski definition) is 0. The van der Waals surface area contributed by atoms with Crippen molar-refractivity contribution >= 4 is 21.8 Å². The van der Waals surface area contributed by atoms with Crippen LogP contribution in [0.4, 0.5) is 8.78 Å². The number of hydrogen-bond acceptors (Lipinski definition) is 4. The van der Waals surface area contributed by atoms with Crippen molar-refractivity contribution in [2.45, 2.75) is 25.4 Å². The SMILES string of the molecule is O=C1CCC(c2nc(-c3ccc(Br)cc3)no2)N1Cc1cc(F)ccc1F. The van der Waals surface area contributed by atoms with E-state index in [1.54, 1.807) is 0 Å². The van der Waals surface area contributed by atoms with Gasteiger partial charge in [-0.2, -0.15) is 4.98 Å². The van der Waals surface area contributed by atoms with E-state index in [-0.39, 0.29) is 30.3 Å². The van der Waals surface area contributed by atoms with Crippen LogP contribution in [0.3, 0.4) is 0 Å². The minimum atomic E-state index is -0.559. The van der Waals surface area contributed by atoms with Crippen molar-refractivity contribution in [3.05, 3.63) is 70.0 Å². The zero-order chi connectivity index (χ0) is 19.0. The molecule has 27 heavy (non-hydrogen) atoms. The molecule has 1 atom stereocenters. The number of aromatic nitrogens is 2. The van der Waals surface area contributed by atoms with E-state index in [1.807, 2.05) is 24.3 Å². The monoisotopic (exact) mass is 433 g/mol. The molecule has 1 fully saturated rings. The average Bonchev–Trinajstić information content (AvgIpc) is 3.26. The summed E-state index contributed by atoms with van der Waals surface area (Å²) >= 11 is 3.37. The first-order chi connectivity index (χ1) is 13.0. The summed E-state index contributed by atoms with van der Waals surface area (Å²) in [7, 11) is 0. The van der Waals surface area contributed by atoms with Gasteiger partial charge in [0.15, 0.2) is 0 Å². The minimum absolute atomic E-state index is 0.0525. The maximum absolute atomic E-state index is 14.0. The lowest BCUT2D eigenvalue weighted by Crippen LogP contribution is -2.27. The number of nitrogens with zero attached hydrogens (tertiary/aromatic N) is 3. The molecule has 1 amide bonds. The first-order valence-corrected chi connectivity index (χ1v) is 9.13. The van der Waals surface area contributed by atoms with Crippen LogP contribution in [0.25, 0.3) is 11.4 Å². The Balaban J connectivity index is 1.60. The maximum Gasteiger partial charge on any atom is 0.249 e. The normalized spacial score (nSPS) is 16.9. The molecule has 0 spiro atoms. The van der Waals surface area contributed by atoms with Gasteiger partial charge in [0.1, 0.15) is 17.7 Å². The van der Waals surface area contributed by atoms with Crippen LogP contribution in [-0.4, -0.2) is 20.9 Å². The van der Waals surface area contributed by atoms with Crippen LogP contribution in [0.2, 0.25) is 0 Å². The number of likely N-dealkylation sites (tertiary alicyclic amines) is 1. The number of amides is 1. The number of carbonyl (C=O) groups excluding carboxylic acids is 1. The largest absolute Gasteiger partial charge is 0.337 e. The van der Waals surface area contributed by atoms with Crippen LogP contribution in [0, 0.1) is 11.6 Å². The highest BCUT2D eigenvalue weighted by atomic mass is 79.9. The minimum Gasteiger partial charge on any atom is -0.337 e. The molecule has 0 aliphatic carbocycles. The van der Waals surface area contributed by atoms with E-state index in [0.29, 0.717) is 12.2 Å². The van der Waals surface area contributed by atoms with Gasteiger partial charge in [-0.3, -0.25) is 4.79 Å². The molecular weight excluding hydrogens is 420 g/mol. The molecular formula is C19H14BrF2N3O2. The van der Waals surface area contributed by atoms with Crippen LogP contribution < -0.4 is 0 Å². The summed E-state index contributed by atoms with van der Waals surface area (Å²) in [6, 6.07) is 10.2. The molecule has 4 rings (SSSR count). The highest BCUT2D eigenvalue weighted by Gasteiger charge is 2.36. The lowest BCUT2D eigenvalue weighted by atomic mass is 10.1. The maximum atomic E-state index is 14.0. The Morgan fingerprint density at radius 3 is 2.74 bits per heavy atom. The van der Waals surface area contributed by atoms with Crippen molar-refractivity contribution in [2.24, 2.45) is 0 Å². The Bertz CT molecular complexity index is 991. The Morgan fingerprint density at radius 2 is 1.96 bits per heavy atom. The van der Waals surface area contributed by atoms with Gasteiger partial charge >= 0.3 is 0 Å². The number of halogens is 3. The molecule has 0 N–H and O–H groups in total. The highest BCUT2D eigenvalue weighted by molar-refractivity contribution is 9.10. The van der Waals surface area contributed by atoms with Gasteiger partial charge < -0.3 is 9.42 Å². The van der Waals surface area contributed by atoms with E-state index in [9.17, 15) is 13.6 Å². The quantitative estimate of drug-likeness (QED) is 0.601. The van der Waals surface area contributed by atoms with E-state index in [2.05, 4.69) is 26.1 Å². The van der Waals surface area contributed by atoms with Gasteiger partial charge in [-0.1, -0.05) is 21.1 Å². The molecule has 138 valence electrons. The summed E-state index contributed by atoms with van der Waals surface area (Å²) in [6.07, 6.45) is 0.773. The van der Waals surface area contributed by atoms with Crippen LogP contribution in [-0.2, 0) is 11.3 Å². The molecule has 1 aromatic heterocycles. The van der Waals surface area contributed by atoms with Crippen LogP contribution in [0.5, 0.6) is 0 Å². The van der Waals surface area contributed by atoms with Crippen molar-refractivity contribution < 1.29 is 18.1 Å². The van der Waals surface area contributed by atoms with Gasteiger partial charge in [0.05, 0.1) is 0 Å². The molecule has 1 unspecified atom stereocenters. The van der Waals surface area contributed by atoms with Gasteiger partial charge in [-0.05, 0) is 48.9 Å². The fourth-order valence-electron chi connectivity index (χ4n) is 3.12. The second-order valence-electron chi connectivity index (χ2n) is 6.27. The predicted molar refractivity (Wildman–Crippen MR) is 96.3 cm³/mol. The van der Waals surface area contributed by atoms with Crippen molar-refractivity contribution in [2.75, 3.05) is 0 Å². The topological polar surface area (TPSA) is 59.2 Å². The Labute approximate surface area is 162 Å². The lowest BCUT2D eigenvalue weighted by molar-refractivity contribution is -0.130. The number of carbonyl (C=O) groups is 1. The van der Waals surface area contributed by atoms with Crippen LogP contribution in [0.15, 0.2) is 51.5 Å². The van der Waals surface area contributed by atoms with Crippen LogP contribution >= 0.6 is 15.9 Å². The second-order valence-corrected chi connectivity index (χ2v) is 7.19. The van der Waals surface area contributed by atoms with Gasteiger partial charge in [-0.15, -0.1) is 0 Å². The predicted octanol–water partition coefficient (Wildman–Crippen LogP) is 4.64. The molecule has 1 aliphatic heterocycles. The summed E-state index contributed by atoms with van der Waals surface area (Å²) in [5.74, 6) is -0.572. The van der Waals surface area contributed by atoms with Gasteiger partial charge in [0, 0.05) is 28.6 Å². The summed E-state index contributed by atoms with van der Waals surface area (Å²) in [5.41, 5.74) is 0.892. The Hall–Kier alpha value is -2.61. The fourth-order valence-corrected chi connectivity index (χ4v) is 3.39. The standard InChI is InChI=1S/C19H14BrF2N3O2/c20-13-3-1-11(2-4-13)18-23-19(27-24-18)16-7-8-17(26)25(16)10-12-9-14(21)5-6-15(12)22/h1-6,9,16H,7-8,10H2. The molecule has 8 heteroatoms. The third-order valence-electron chi connectivity index (χ3n) is 4.51. The first kappa shape index (κ1) is 17.8. The first-order valence-electron chi connectivity index (χ1n) is 8.34. The van der Waals surface area contributed by atoms with E-state index in [0.717, 1.165) is 28.2 Å². The molecule has 2 aromatic carbocycles. The molecule has 0 radical (unpaired) electrons. The zero-order valence-electron chi connectivity index (χ0n) is 14.0. The average molecular weight is 434 g/mol. The summed E-state index contributed by atoms with van der Waals surface area (Å²) < 4.78 is 33.7. The second kappa shape index (κ2) is 7.19. The van der Waals surface area contributed by atoms with E-state index < -0.39 is 17.7 Å². The Morgan fingerprint density at radius 1 is 1.19 bits per heavy atom. The molecule has 5 nitrogen and oxygen atoms in total. The van der Waals surface area contributed by atoms with Crippen molar-refractivity contribution in [1.29, 1.82) is 0 Å². The third-order valence-corrected chi connectivity index (χ3v) is 5.03. The molecule has 2 heterocycles. The molecule has 1 aliphatic rings. The smallest absolute Gasteiger partial charge is 0.249 e. The van der Waals surface area contributed by atoms with E-state index in [1.165, 1.54) is 4.90 Å². The van der Waals surface area contributed by atoms with Crippen LogP contribution in [0.1, 0.15) is 30.3 Å². The highest BCUT2D eigenvalue weighted by Crippen LogP contribution is 2.34. The molecule has 1 saturated heterocycles. The lowest BCUT2D eigenvalue weighted by Gasteiger charge is -2.22. The number of rotatable bonds is 4.